The molecule has 1 aromatic carbocycles. The van der Waals surface area contributed by atoms with Crippen molar-refractivity contribution in [2.45, 2.75) is 46.1 Å². The number of rotatable bonds is 3. The molecule has 1 unspecified atom stereocenters. The van der Waals surface area contributed by atoms with Crippen LogP contribution < -0.4 is 0 Å². The molecule has 0 saturated heterocycles. The predicted molar refractivity (Wildman–Crippen MR) is 65.0 cm³/mol. The summed E-state index contributed by atoms with van der Waals surface area (Å²) in [6, 6.07) is 5.08. The first-order valence-electron chi connectivity index (χ1n) is 5.72. The Morgan fingerprint density at radius 1 is 1.25 bits per heavy atom. The van der Waals surface area contributed by atoms with E-state index in [1.165, 1.54) is 6.07 Å². The monoisotopic (exact) mass is 224 g/mol. The lowest BCUT2D eigenvalue weighted by Crippen LogP contribution is -2.32. The average Bonchev–Trinajstić information content (AvgIpc) is 2.08. The average molecular weight is 224 g/mol. The number of aliphatic hydroxyl groups is 1. The second kappa shape index (κ2) is 4.54. The first-order chi connectivity index (χ1) is 7.23. The number of benzene rings is 1. The van der Waals surface area contributed by atoms with Crippen molar-refractivity contribution in [1.82, 2.24) is 0 Å². The van der Waals surface area contributed by atoms with E-state index < -0.39 is 5.60 Å². The van der Waals surface area contributed by atoms with Gasteiger partial charge in [0.05, 0.1) is 5.60 Å². The molecule has 1 aromatic rings. The molecule has 0 saturated carbocycles. The molecular weight excluding hydrogens is 203 g/mol. The highest BCUT2D eigenvalue weighted by atomic mass is 19.1. The third-order valence-electron chi connectivity index (χ3n) is 2.97. The minimum Gasteiger partial charge on any atom is -0.390 e. The molecule has 0 radical (unpaired) electrons. The van der Waals surface area contributed by atoms with E-state index in [-0.39, 0.29) is 11.7 Å². The third kappa shape index (κ3) is 2.82. The Balaban J connectivity index is 3.17. The van der Waals surface area contributed by atoms with Crippen molar-refractivity contribution >= 4 is 0 Å². The molecule has 0 bridgehead atoms. The van der Waals surface area contributed by atoms with E-state index >= 15 is 0 Å². The van der Waals surface area contributed by atoms with Crippen LogP contribution in [-0.4, -0.2) is 10.7 Å². The van der Waals surface area contributed by atoms with Gasteiger partial charge in [0.1, 0.15) is 5.82 Å². The van der Waals surface area contributed by atoms with Crippen LogP contribution in [0.3, 0.4) is 0 Å². The molecule has 0 spiro atoms. The first kappa shape index (κ1) is 13.2. The molecule has 0 amide bonds. The van der Waals surface area contributed by atoms with Crippen molar-refractivity contribution in [2.24, 2.45) is 5.92 Å². The van der Waals surface area contributed by atoms with E-state index in [0.717, 1.165) is 5.56 Å². The molecule has 0 aliphatic heterocycles. The van der Waals surface area contributed by atoms with Gasteiger partial charge in [0, 0.05) is 5.92 Å². The Hall–Kier alpha value is -0.890. The summed E-state index contributed by atoms with van der Waals surface area (Å²) in [5.41, 5.74) is 0.840. The summed E-state index contributed by atoms with van der Waals surface area (Å²) in [5, 5.41) is 10.2. The van der Waals surface area contributed by atoms with Crippen LogP contribution in [0, 0.1) is 18.7 Å². The second-order valence-electron chi connectivity index (χ2n) is 5.38. The number of aryl methyl sites for hydroxylation is 1. The van der Waals surface area contributed by atoms with Crippen LogP contribution in [0.2, 0.25) is 0 Å². The summed E-state index contributed by atoms with van der Waals surface area (Å²) in [5.74, 6) is 0.138. The largest absolute Gasteiger partial charge is 0.390 e. The topological polar surface area (TPSA) is 20.2 Å². The molecule has 0 fully saturated rings. The lowest BCUT2D eigenvalue weighted by Gasteiger charge is -2.33. The predicted octanol–water partition coefficient (Wildman–Crippen LogP) is 3.64. The Morgan fingerprint density at radius 3 is 2.19 bits per heavy atom. The maximum atomic E-state index is 13.2. The van der Waals surface area contributed by atoms with Crippen LogP contribution in [-0.2, 0) is 0 Å². The van der Waals surface area contributed by atoms with Gasteiger partial charge in [-0.3, -0.25) is 0 Å². The van der Waals surface area contributed by atoms with Crippen molar-refractivity contribution in [3.05, 3.63) is 35.1 Å². The van der Waals surface area contributed by atoms with Gasteiger partial charge in [-0.25, -0.2) is 4.39 Å². The number of hydrogen-bond acceptors (Lipinski definition) is 1. The summed E-state index contributed by atoms with van der Waals surface area (Å²) in [6.45, 7) is 9.50. The normalized spacial score (nSPS) is 14.2. The van der Waals surface area contributed by atoms with Gasteiger partial charge in [0.25, 0.3) is 0 Å². The minimum absolute atomic E-state index is 0.0202. The van der Waals surface area contributed by atoms with Gasteiger partial charge in [-0.15, -0.1) is 0 Å². The summed E-state index contributed by atoms with van der Waals surface area (Å²) >= 11 is 0. The molecule has 1 atom stereocenters. The Bertz CT molecular complexity index is 363. The van der Waals surface area contributed by atoms with Crippen LogP contribution in [0.1, 0.15) is 44.7 Å². The van der Waals surface area contributed by atoms with Crippen LogP contribution in [0.5, 0.6) is 0 Å². The van der Waals surface area contributed by atoms with Crippen molar-refractivity contribution in [3.8, 4) is 0 Å². The third-order valence-corrected chi connectivity index (χ3v) is 2.97. The molecule has 0 aromatic heterocycles. The van der Waals surface area contributed by atoms with Gasteiger partial charge in [-0.2, -0.15) is 0 Å². The van der Waals surface area contributed by atoms with Gasteiger partial charge < -0.3 is 5.11 Å². The van der Waals surface area contributed by atoms with Crippen LogP contribution in [0.15, 0.2) is 18.2 Å². The molecule has 1 rings (SSSR count). The molecule has 2 heteroatoms. The highest BCUT2D eigenvalue weighted by Gasteiger charge is 2.31. The van der Waals surface area contributed by atoms with E-state index in [2.05, 4.69) is 13.8 Å². The summed E-state index contributed by atoms with van der Waals surface area (Å²) < 4.78 is 13.2. The zero-order chi connectivity index (χ0) is 12.5. The zero-order valence-electron chi connectivity index (χ0n) is 10.7. The Kier molecular flexibility index (Phi) is 3.74. The molecule has 0 aliphatic carbocycles. The number of halogens is 1. The lowest BCUT2D eigenvalue weighted by atomic mass is 9.77. The highest BCUT2D eigenvalue weighted by molar-refractivity contribution is 5.29. The highest BCUT2D eigenvalue weighted by Crippen LogP contribution is 2.35. The molecule has 16 heavy (non-hydrogen) atoms. The van der Waals surface area contributed by atoms with Crippen LogP contribution in [0.4, 0.5) is 4.39 Å². The fourth-order valence-electron chi connectivity index (χ4n) is 2.47. The molecule has 0 aliphatic rings. The minimum atomic E-state index is -0.793. The summed E-state index contributed by atoms with van der Waals surface area (Å²) in [4.78, 5) is 0. The SMILES string of the molecule is Cc1cc(C(C(C)C)C(C)(C)O)ccc1F. The van der Waals surface area contributed by atoms with Gasteiger partial charge >= 0.3 is 0 Å². The summed E-state index contributed by atoms with van der Waals surface area (Å²) in [7, 11) is 0. The van der Waals surface area contributed by atoms with E-state index in [0.29, 0.717) is 11.5 Å². The smallest absolute Gasteiger partial charge is 0.126 e. The van der Waals surface area contributed by atoms with Crippen molar-refractivity contribution in [3.63, 3.8) is 0 Å². The number of hydrogen-bond donors (Lipinski definition) is 1. The van der Waals surface area contributed by atoms with Gasteiger partial charge in [0.15, 0.2) is 0 Å². The first-order valence-corrected chi connectivity index (χ1v) is 5.72. The fourth-order valence-corrected chi connectivity index (χ4v) is 2.47. The maximum absolute atomic E-state index is 13.2. The second-order valence-corrected chi connectivity index (χ2v) is 5.38. The van der Waals surface area contributed by atoms with Gasteiger partial charge in [-0.05, 0) is 43.9 Å². The standard InChI is InChI=1S/C14H21FO/c1-9(2)13(14(4,5)16)11-6-7-12(15)10(3)8-11/h6-9,13,16H,1-5H3. The van der Waals surface area contributed by atoms with Crippen molar-refractivity contribution in [2.75, 3.05) is 0 Å². The molecular formula is C14H21FO. The maximum Gasteiger partial charge on any atom is 0.126 e. The van der Waals surface area contributed by atoms with E-state index in [1.807, 2.05) is 6.07 Å². The Labute approximate surface area is 97.3 Å². The molecule has 1 N–H and O–H groups in total. The van der Waals surface area contributed by atoms with Gasteiger partial charge in [-0.1, -0.05) is 26.0 Å². The van der Waals surface area contributed by atoms with Crippen LogP contribution in [0.25, 0.3) is 0 Å². The molecule has 0 heterocycles. The fraction of sp³-hybridized carbons (Fsp3) is 0.571. The van der Waals surface area contributed by atoms with E-state index in [4.69, 9.17) is 0 Å². The quantitative estimate of drug-likeness (QED) is 0.831. The van der Waals surface area contributed by atoms with E-state index in [1.54, 1.807) is 26.8 Å². The van der Waals surface area contributed by atoms with Gasteiger partial charge in [0.2, 0.25) is 0 Å². The molecule has 1 nitrogen and oxygen atoms in total. The Morgan fingerprint density at radius 2 is 1.81 bits per heavy atom. The zero-order valence-corrected chi connectivity index (χ0v) is 10.7. The van der Waals surface area contributed by atoms with Crippen LogP contribution >= 0.6 is 0 Å². The van der Waals surface area contributed by atoms with E-state index in [9.17, 15) is 9.50 Å². The van der Waals surface area contributed by atoms with Crippen molar-refractivity contribution in [1.29, 1.82) is 0 Å². The van der Waals surface area contributed by atoms with Crippen molar-refractivity contribution < 1.29 is 9.50 Å². The summed E-state index contributed by atoms with van der Waals surface area (Å²) in [6.07, 6.45) is 0. The molecule has 90 valence electrons. The lowest BCUT2D eigenvalue weighted by molar-refractivity contribution is 0.0331.